The van der Waals surface area contributed by atoms with E-state index in [-0.39, 0.29) is 29.8 Å². The fraction of sp³-hybridized carbons (Fsp3) is 0.414. The largest absolute Gasteiger partial charge is 0.381 e. The number of hydrogen-bond acceptors (Lipinski definition) is 8. The molecule has 11 heteroatoms. The van der Waals surface area contributed by atoms with Crippen molar-refractivity contribution >= 4 is 27.4 Å². The van der Waals surface area contributed by atoms with Crippen LogP contribution < -0.4 is 15.5 Å². The fourth-order valence-electron chi connectivity index (χ4n) is 5.24. The van der Waals surface area contributed by atoms with E-state index in [0.717, 1.165) is 0 Å². The molecule has 212 valence electrons. The zero-order valence-electron chi connectivity index (χ0n) is 22.8. The Morgan fingerprint density at radius 1 is 1.02 bits per heavy atom. The van der Waals surface area contributed by atoms with Crippen molar-refractivity contribution in [1.29, 1.82) is 0 Å². The fourth-order valence-corrected chi connectivity index (χ4v) is 7.29. The molecule has 0 unspecified atom stereocenters. The zero-order chi connectivity index (χ0) is 28.2. The van der Waals surface area contributed by atoms with Crippen LogP contribution in [0.1, 0.15) is 32.4 Å². The number of morpholine rings is 1. The molecule has 40 heavy (non-hydrogen) atoms. The molecular weight excluding hydrogens is 530 g/mol. The lowest BCUT2D eigenvalue weighted by Gasteiger charge is -2.38. The van der Waals surface area contributed by atoms with Crippen molar-refractivity contribution in [2.45, 2.75) is 42.4 Å². The van der Waals surface area contributed by atoms with Crippen LogP contribution in [-0.2, 0) is 24.1 Å². The van der Waals surface area contributed by atoms with Crippen molar-refractivity contribution in [3.05, 3.63) is 66.4 Å². The molecule has 2 N–H and O–H groups in total. The van der Waals surface area contributed by atoms with Gasteiger partial charge in [-0.15, -0.1) is 0 Å². The first-order valence-corrected chi connectivity index (χ1v) is 15.1. The van der Waals surface area contributed by atoms with E-state index >= 15 is 0 Å². The molecule has 3 aromatic rings. The van der Waals surface area contributed by atoms with Crippen LogP contribution in [0.3, 0.4) is 0 Å². The molecule has 2 aliphatic rings. The van der Waals surface area contributed by atoms with Crippen molar-refractivity contribution < 1.29 is 22.7 Å². The highest BCUT2D eigenvalue weighted by Gasteiger charge is 2.49. The molecule has 5 rings (SSSR count). The quantitative estimate of drug-likeness (QED) is 0.441. The van der Waals surface area contributed by atoms with Gasteiger partial charge < -0.3 is 25.0 Å². The van der Waals surface area contributed by atoms with Gasteiger partial charge in [0, 0.05) is 43.6 Å². The monoisotopic (exact) mass is 565 g/mol. The lowest BCUT2D eigenvalue weighted by molar-refractivity contribution is 0.0729. The molecule has 10 nitrogen and oxygen atoms in total. The Bertz CT molecular complexity index is 1430. The Morgan fingerprint density at radius 3 is 2.42 bits per heavy atom. The number of rotatable bonds is 7. The second-order valence-electron chi connectivity index (χ2n) is 10.0. The summed E-state index contributed by atoms with van der Waals surface area (Å²) in [4.78, 5) is 24.2. The number of hydrogen-bond donors (Lipinski definition) is 2. The van der Waals surface area contributed by atoms with Crippen molar-refractivity contribution in [2.24, 2.45) is 0 Å². The number of nitrogens with one attached hydrogen (secondary N) is 2. The molecular formula is C29H35N5O5S. The first-order valence-electron chi connectivity index (χ1n) is 13.6. The molecule has 2 amide bonds. The van der Waals surface area contributed by atoms with Gasteiger partial charge in [0.1, 0.15) is 10.6 Å². The summed E-state index contributed by atoms with van der Waals surface area (Å²) in [5.41, 5.74) is 1.80. The molecule has 0 spiro atoms. The number of carbonyl (C=O) groups excluding carboxylic acids is 1. The van der Waals surface area contributed by atoms with E-state index in [9.17, 15) is 13.2 Å². The number of amides is 2. The summed E-state index contributed by atoms with van der Waals surface area (Å²) in [6.07, 6.45) is 0.572. The maximum atomic E-state index is 14.3. The van der Waals surface area contributed by atoms with Crippen molar-refractivity contribution in [2.75, 3.05) is 49.7 Å². The van der Waals surface area contributed by atoms with Crippen LogP contribution in [0.25, 0.3) is 11.4 Å². The number of benzene rings is 2. The van der Waals surface area contributed by atoms with Gasteiger partial charge >= 0.3 is 6.03 Å². The normalized spacial score (nSPS) is 19.1. The lowest BCUT2D eigenvalue weighted by atomic mass is 9.94. The Labute approximate surface area is 235 Å². The Hall–Kier alpha value is -3.54. The smallest absolute Gasteiger partial charge is 0.319 e. The molecule has 2 aromatic carbocycles. The topological polar surface area (TPSA) is 123 Å². The summed E-state index contributed by atoms with van der Waals surface area (Å²) in [7, 11) is -3.83. The van der Waals surface area contributed by atoms with Crippen LogP contribution >= 0.6 is 0 Å². The number of urea groups is 1. The highest BCUT2D eigenvalue weighted by Crippen LogP contribution is 2.44. The third kappa shape index (κ3) is 5.54. The van der Waals surface area contributed by atoms with Gasteiger partial charge in [0.15, 0.2) is 15.7 Å². The van der Waals surface area contributed by atoms with Crippen LogP contribution in [0.4, 0.5) is 16.3 Å². The first kappa shape index (κ1) is 28.0. The average Bonchev–Trinajstić information content (AvgIpc) is 2.98. The summed E-state index contributed by atoms with van der Waals surface area (Å²) in [5, 5.41) is 5.50. The summed E-state index contributed by atoms with van der Waals surface area (Å²) in [5.74, 6) is 1.08. The van der Waals surface area contributed by atoms with Crippen molar-refractivity contribution in [1.82, 2.24) is 15.3 Å². The van der Waals surface area contributed by atoms with Gasteiger partial charge in [0.05, 0.1) is 29.8 Å². The minimum Gasteiger partial charge on any atom is -0.381 e. The van der Waals surface area contributed by atoms with E-state index in [0.29, 0.717) is 68.1 Å². The summed E-state index contributed by atoms with van der Waals surface area (Å²) < 4.78 is 38.7. The number of sulfone groups is 1. The van der Waals surface area contributed by atoms with Gasteiger partial charge in [-0.1, -0.05) is 18.2 Å². The van der Waals surface area contributed by atoms with Gasteiger partial charge in [-0.05, 0) is 63.1 Å². The summed E-state index contributed by atoms with van der Waals surface area (Å²) in [6.45, 7) is 6.80. The maximum Gasteiger partial charge on any atom is 0.319 e. The molecule has 0 saturated carbocycles. The van der Waals surface area contributed by atoms with Crippen molar-refractivity contribution in [3.63, 3.8) is 0 Å². The molecule has 0 bridgehead atoms. The van der Waals surface area contributed by atoms with E-state index in [2.05, 4.69) is 22.5 Å². The summed E-state index contributed by atoms with van der Waals surface area (Å²) in [6, 6.07) is 17.4. The number of anilines is 2. The van der Waals surface area contributed by atoms with E-state index in [1.807, 2.05) is 25.1 Å². The third-order valence-electron chi connectivity index (χ3n) is 7.45. The molecule has 0 radical (unpaired) electrons. The molecule has 1 aromatic heterocycles. The average molecular weight is 566 g/mol. The maximum absolute atomic E-state index is 14.3. The van der Waals surface area contributed by atoms with E-state index in [1.165, 1.54) is 0 Å². The minimum absolute atomic E-state index is 0.0596. The van der Waals surface area contributed by atoms with Crippen LogP contribution in [0, 0.1) is 0 Å². The molecule has 0 aliphatic carbocycles. The van der Waals surface area contributed by atoms with Crippen LogP contribution in [0.15, 0.2) is 65.6 Å². The summed E-state index contributed by atoms with van der Waals surface area (Å²) >= 11 is 0. The standard InChI is InChI=1S/C29H35N5O5S/c1-3-30-28(35)31-23-11-9-22(10-12-23)27-32-25(19-26(33-27)34-15-18-39-20-21(34)2)29(13-16-38-17-14-29)40(36,37)24-7-5-4-6-8-24/h4-12,19,21H,3,13-18,20H2,1-2H3,(H2,30,31,35)/t21-/m0/s1. The van der Waals surface area contributed by atoms with Gasteiger partial charge in [-0.3, -0.25) is 0 Å². The highest BCUT2D eigenvalue weighted by molar-refractivity contribution is 7.92. The van der Waals surface area contributed by atoms with Crippen LogP contribution in [0.5, 0.6) is 0 Å². The SMILES string of the molecule is CCNC(=O)Nc1ccc(-c2nc(N3CCOC[C@@H]3C)cc(C3(S(=O)(=O)c4ccccc4)CCOCC3)n2)cc1. The van der Waals surface area contributed by atoms with E-state index in [1.54, 1.807) is 42.5 Å². The molecule has 1 atom stereocenters. The van der Waals surface area contributed by atoms with Crippen molar-refractivity contribution in [3.8, 4) is 11.4 Å². The van der Waals surface area contributed by atoms with Gasteiger partial charge in [0.25, 0.3) is 0 Å². The lowest BCUT2D eigenvalue weighted by Crippen LogP contribution is -2.45. The van der Waals surface area contributed by atoms with Gasteiger partial charge in [-0.2, -0.15) is 0 Å². The second-order valence-corrected chi connectivity index (χ2v) is 12.3. The minimum atomic E-state index is -3.83. The molecule has 3 heterocycles. The molecule has 2 fully saturated rings. The Morgan fingerprint density at radius 2 is 1.75 bits per heavy atom. The zero-order valence-corrected chi connectivity index (χ0v) is 23.6. The van der Waals surface area contributed by atoms with Gasteiger partial charge in [-0.25, -0.2) is 23.2 Å². The number of carbonyl (C=O) groups is 1. The van der Waals surface area contributed by atoms with E-state index < -0.39 is 14.6 Å². The Balaban J connectivity index is 1.63. The molecule has 2 saturated heterocycles. The third-order valence-corrected chi connectivity index (χ3v) is 9.99. The second kappa shape index (κ2) is 11.9. The number of ether oxygens (including phenoxy) is 2. The van der Waals surface area contributed by atoms with Crippen LogP contribution in [0.2, 0.25) is 0 Å². The van der Waals surface area contributed by atoms with Crippen LogP contribution in [-0.4, -0.2) is 70.0 Å². The number of aromatic nitrogens is 2. The van der Waals surface area contributed by atoms with Gasteiger partial charge in [0.2, 0.25) is 0 Å². The molecule has 2 aliphatic heterocycles. The first-order chi connectivity index (χ1) is 19.3. The van der Waals surface area contributed by atoms with E-state index in [4.69, 9.17) is 19.4 Å². The predicted molar refractivity (Wildman–Crippen MR) is 153 cm³/mol. The predicted octanol–water partition coefficient (Wildman–Crippen LogP) is 3.99. The Kier molecular flexibility index (Phi) is 8.34. The number of nitrogens with zero attached hydrogens (tertiary/aromatic N) is 3. The highest BCUT2D eigenvalue weighted by atomic mass is 32.2.